The predicted octanol–water partition coefficient (Wildman–Crippen LogP) is 4.28. The van der Waals surface area contributed by atoms with Crippen molar-refractivity contribution in [3.63, 3.8) is 0 Å². The summed E-state index contributed by atoms with van der Waals surface area (Å²) < 4.78 is 51.2. The largest absolute Gasteiger partial charge is 0.416 e. The van der Waals surface area contributed by atoms with Gasteiger partial charge < -0.3 is 5.73 Å². The lowest BCUT2D eigenvalue weighted by atomic mass is 9.94. The highest BCUT2D eigenvalue weighted by atomic mass is 19.4. The molecule has 0 aliphatic rings. The molecule has 0 unspecified atom stereocenters. The minimum absolute atomic E-state index is 0.0375. The molecule has 2 N–H and O–H groups in total. The highest BCUT2D eigenvalue weighted by molar-refractivity contribution is 5.32. The fraction of sp³-hybridized carbons (Fsp3) is 0.538. The maximum Gasteiger partial charge on any atom is 0.416 e. The molecule has 1 rings (SSSR count). The van der Waals surface area contributed by atoms with Crippen LogP contribution in [0.15, 0.2) is 18.2 Å². The second-order valence-electron chi connectivity index (χ2n) is 4.81. The normalized spacial score (nSPS) is 14.0. The summed E-state index contributed by atoms with van der Waals surface area (Å²) in [6, 6.07) is 1.93. The number of benzene rings is 1. The molecule has 0 aliphatic carbocycles. The maximum atomic E-state index is 12.9. The van der Waals surface area contributed by atoms with E-state index in [1.807, 2.05) is 13.8 Å². The number of hydrogen-bond donors (Lipinski definition) is 1. The Kier molecular flexibility index (Phi) is 4.73. The van der Waals surface area contributed by atoms with Crippen LogP contribution in [0.2, 0.25) is 0 Å². The minimum Gasteiger partial charge on any atom is -0.324 e. The third-order valence-electron chi connectivity index (χ3n) is 2.78. The van der Waals surface area contributed by atoms with Gasteiger partial charge in [-0.05, 0) is 36.5 Å². The van der Waals surface area contributed by atoms with Crippen molar-refractivity contribution in [1.82, 2.24) is 0 Å². The van der Waals surface area contributed by atoms with Gasteiger partial charge in [-0.25, -0.2) is 4.39 Å². The van der Waals surface area contributed by atoms with Gasteiger partial charge >= 0.3 is 6.18 Å². The van der Waals surface area contributed by atoms with Crippen molar-refractivity contribution in [3.8, 4) is 0 Å². The highest BCUT2D eigenvalue weighted by Crippen LogP contribution is 2.35. The van der Waals surface area contributed by atoms with Crippen LogP contribution in [-0.4, -0.2) is 0 Å². The molecular weight excluding hydrogens is 246 g/mol. The van der Waals surface area contributed by atoms with Gasteiger partial charge in [-0.15, -0.1) is 0 Å². The molecule has 1 aromatic carbocycles. The van der Waals surface area contributed by atoms with E-state index in [9.17, 15) is 17.6 Å². The molecule has 0 saturated heterocycles. The Morgan fingerprint density at radius 2 is 1.78 bits per heavy atom. The van der Waals surface area contributed by atoms with Gasteiger partial charge in [0.25, 0.3) is 0 Å². The smallest absolute Gasteiger partial charge is 0.324 e. The molecular formula is C13H17F4N. The summed E-state index contributed by atoms with van der Waals surface area (Å²) in [4.78, 5) is 0. The molecule has 0 aromatic heterocycles. The Hall–Kier alpha value is -1.10. The van der Waals surface area contributed by atoms with Crippen molar-refractivity contribution < 1.29 is 17.6 Å². The molecule has 0 radical (unpaired) electrons. The molecule has 102 valence electrons. The monoisotopic (exact) mass is 263 g/mol. The Morgan fingerprint density at radius 3 is 2.28 bits per heavy atom. The van der Waals surface area contributed by atoms with E-state index in [4.69, 9.17) is 5.73 Å². The molecule has 0 saturated carbocycles. The summed E-state index contributed by atoms with van der Waals surface area (Å²) >= 11 is 0. The zero-order valence-electron chi connectivity index (χ0n) is 10.4. The lowest BCUT2D eigenvalue weighted by molar-refractivity contribution is -0.138. The van der Waals surface area contributed by atoms with Crippen molar-refractivity contribution in [3.05, 3.63) is 35.1 Å². The summed E-state index contributed by atoms with van der Waals surface area (Å²) in [5.74, 6) is -0.534. The predicted molar refractivity (Wildman–Crippen MR) is 62.4 cm³/mol. The maximum absolute atomic E-state index is 12.9. The zero-order chi connectivity index (χ0) is 13.9. The number of rotatable bonds is 4. The fourth-order valence-corrected chi connectivity index (χ4v) is 1.77. The summed E-state index contributed by atoms with van der Waals surface area (Å²) in [5, 5.41) is 0. The van der Waals surface area contributed by atoms with Crippen molar-refractivity contribution >= 4 is 0 Å². The Balaban J connectivity index is 3.00. The summed E-state index contributed by atoms with van der Waals surface area (Å²) in [6.45, 7) is 3.95. The third-order valence-corrected chi connectivity index (χ3v) is 2.78. The molecule has 18 heavy (non-hydrogen) atoms. The van der Waals surface area contributed by atoms with Crippen LogP contribution in [0.5, 0.6) is 0 Å². The summed E-state index contributed by atoms with van der Waals surface area (Å²) in [7, 11) is 0. The molecule has 0 amide bonds. The van der Waals surface area contributed by atoms with Crippen LogP contribution in [0, 0.1) is 11.7 Å². The second-order valence-corrected chi connectivity index (χ2v) is 4.81. The first kappa shape index (κ1) is 15.0. The van der Waals surface area contributed by atoms with E-state index in [1.54, 1.807) is 0 Å². The molecule has 0 fully saturated rings. The van der Waals surface area contributed by atoms with Gasteiger partial charge in [0.05, 0.1) is 5.56 Å². The van der Waals surface area contributed by atoms with Gasteiger partial charge in [-0.3, -0.25) is 0 Å². The Bertz CT molecular complexity index is 398. The first-order valence-corrected chi connectivity index (χ1v) is 5.84. The topological polar surface area (TPSA) is 26.0 Å². The van der Waals surface area contributed by atoms with Gasteiger partial charge in [0, 0.05) is 6.04 Å². The first-order chi connectivity index (χ1) is 8.21. The van der Waals surface area contributed by atoms with Crippen molar-refractivity contribution in [2.24, 2.45) is 11.7 Å². The summed E-state index contributed by atoms with van der Waals surface area (Å²) in [5.41, 5.74) is 4.76. The number of nitrogens with two attached hydrogens (primary N) is 1. The average Bonchev–Trinajstić information content (AvgIpc) is 2.24. The van der Waals surface area contributed by atoms with E-state index in [1.165, 1.54) is 0 Å². The van der Waals surface area contributed by atoms with Gasteiger partial charge in [0.2, 0.25) is 0 Å². The van der Waals surface area contributed by atoms with Crippen LogP contribution in [0.3, 0.4) is 0 Å². The molecule has 0 aliphatic heterocycles. The van der Waals surface area contributed by atoms with Crippen molar-refractivity contribution in [1.29, 1.82) is 0 Å². The van der Waals surface area contributed by atoms with Crippen LogP contribution in [0.25, 0.3) is 0 Å². The minimum atomic E-state index is -4.58. The van der Waals surface area contributed by atoms with E-state index >= 15 is 0 Å². The first-order valence-electron chi connectivity index (χ1n) is 5.84. The molecule has 0 bridgehead atoms. The van der Waals surface area contributed by atoms with Gasteiger partial charge in [-0.2, -0.15) is 13.2 Å². The van der Waals surface area contributed by atoms with E-state index in [0.717, 1.165) is 18.6 Å². The Labute approximate surface area is 104 Å². The molecule has 1 aromatic rings. The molecule has 0 heterocycles. The SMILES string of the molecule is CC(C)CC[C@@H](N)c1ccc(F)cc1C(F)(F)F. The van der Waals surface area contributed by atoms with Gasteiger partial charge in [0.15, 0.2) is 0 Å². The Morgan fingerprint density at radius 1 is 1.17 bits per heavy atom. The lowest BCUT2D eigenvalue weighted by Crippen LogP contribution is -2.18. The highest BCUT2D eigenvalue weighted by Gasteiger charge is 2.35. The van der Waals surface area contributed by atoms with Gasteiger partial charge in [0.1, 0.15) is 5.82 Å². The molecule has 1 nitrogen and oxygen atoms in total. The molecule has 5 heteroatoms. The standard InChI is InChI=1S/C13H17F4N/c1-8(2)3-6-12(18)10-5-4-9(14)7-11(10)13(15,16)17/h4-5,7-8,12H,3,6,18H2,1-2H3/t12-/m1/s1. The van der Waals surface area contributed by atoms with E-state index < -0.39 is 23.6 Å². The second kappa shape index (κ2) is 5.69. The number of alkyl halides is 3. The van der Waals surface area contributed by atoms with Crippen molar-refractivity contribution in [2.75, 3.05) is 0 Å². The number of halogens is 4. The van der Waals surface area contributed by atoms with Crippen LogP contribution in [0.4, 0.5) is 17.6 Å². The molecule has 0 spiro atoms. The average molecular weight is 263 g/mol. The van der Waals surface area contributed by atoms with Crippen LogP contribution >= 0.6 is 0 Å². The van der Waals surface area contributed by atoms with Crippen LogP contribution in [0.1, 0.15) is 43.9 Å². The third kappa shape index (κ3) is 3.98. The lowest BCUT2D eigenvalue weighted by Gasteiger charge is -2.19. The van der Waals surface area contributed by atoms with Gasteiger partial charge in [-0.1, -0.05) is 19.9 Å². The van der Waals surface area contributed by atoms with E-state index in [-0.39, 0.29) is 5.56 Å². The van der Waals surface area contributed by atoms with E-state index in [2.05, 4.69) is 0 Å². The van der Waals surface area contributed by atoms with Crippen LogP contribution in [-0.2, 0) is 6.18 Å². The van der Waals surface area contributed by atoms with Crippen LogP contribution < -0.4 is 5.73 Å². The van der Waals surface area contributed by atoms with Crippen molar-refractivity contribution in [2.45, 2.75) is 38.9 Å². The number of hydrogen-bond acceptors (Lipinski definition) is 1. The fourth-order valence-electron chi connectivity index (χ4n) is 1.77. The van der Waals surface area contributed by atoms with E-state index in [0.29, 0.717) is 18.4 Å². The zero-order valence-corrected chi connectivity index (χ0v) is 10.4. The summed E-state index contributed by atoms with van der Waals surface area (Å²) in [6.07, 6.45) is -3.39. The quantitative estimate of drug-likeness (QED) is 0.806. The molecule has 1 atom stereocenters.